The van der Waals surface area contributed by atoms with Crippen molar-refractivity contribution in [1.29, 1.82) is 0 Å². The van der Waals surface area contributed by atoms with Crippen molar-refractivity contribution in [2.45, 2.75) is 32.0 Å². The number of rotatable bonds is 2. The summed E-state index contributed by atoms with van der Waals surface area (Å²) in [6, 6.07) is 5.72. The van der Waals surface area contributed by atoms with Crippen LogP contribution < -0.4 is 10.2 Å². The third-order valence-corrected chi connectivity index (χ3v) is 1.38. The van der Waals surface area contributed by atoms with Crippen molar-refractivity contribution in [2.24, 2.45) is 0 Å². The molecule has 0 radical (unpaired) electrons. The summed E-state index contributed by atoms with van der Waals surface area (Å²) >= 11 is 14.4. The van der Waals surface area contributed by atoms with E-state index in [0.717, 1.165) is 12.2 Å². The Bertz CT molecular complexity index is 446. The van der Waals surface area contributed by atoms with Crippen molar-refractivity contribution >= 4 is 46.4 Å². The molecule has 0 aromatic carbocycles. The monoisotopic (exact) mass is 605 g/mol. The summed E-state index contributed by atoms with van der Waals surface area (Å²) in [5.41, 5.74) is 0. The molecule has 0 aliphatic rings. The van der Waals surface area contributed by atoms with Gasteiger partial charge >= 0.3 is 20.1 Å². The van der Waals surface area contributed by atoms with Crippen LogP contribution in [0.2, 0.25) is 0 Å². The fraction of sp³-hybridized carbons (Fsp3) is 0.312. The molecule has 150 valence electrons. The van der Waals surface area contributed by atoms with Crippen LogP contribution in [0.25, 0.3) is 0 Å². The minimum atomic E-state index is -0.750. The molecule has 6 nitrogen and oxygen atoms in total. The third kappa shape index (κ3) is 65.8. The second-order valence-electron chi connectivity index (χ2n) is 4.00. The molecule has 0 unspecified atom stereocenters. The number of ketones is 2. The minimum Gasteiger partial charge on any atom is -0.876 e. The largest absolute Gasteiger partial charge is 3.00 e. The van der Waals surface area contributed by atoms with Gasteiger partial charge in [-0.2, -0.15) is 0 Å². The maximum Gasteiger partial charge on any atom is 3.00 e. The van der Waals surface area contributed by atoms with Crippen molar-refractivity contribution in [3.63, 3.8) is 0 Å². The van der Waals surface area contributed by atoms with Crippen LogP contribution in [0.3, 0.4) is 0 Å². The predicted octanol–water partition coefficient (Wildman–Crippen LogP) is 2.57. The van der Waals surface area contributed by atoms with E-state index >= 15 is 0 Å². The smallest absolute Gasteiger partial charge is 0.876 e. The zero-order chi connectivity index (χ0) is 19.5. The first-order chi connectivity index (χ1) is 11.0. The van der Waals surface area contributed by atoms with Crippen LogP contribution in [0.15, 0.2) is 54.3 Å². The number of halogens is 3. The summed E-state index contributed by atoms with van der Waals surface area (Å²) in [5, 5.41) is 20.0. The molecule has 0 spiro atoms. The van der Waals surface area contributed by atoms with Crippen LogP contribution >= 0.6 is 34.8 Å². The van der Waals surface area contributed by atoms with E-state index < -0.39 is 4.30 Å². The first-order valence-corrected chi connectivity index (χ1v) is 7.78. The van der Waals surface area contributed by atoms with E-state index in [-0.39, 0.29) is 48.7 Å². The SMILES string of the molecule is CC(=O)/C=C(/C)[O-].CC(=O)/C=C(/C)[O-].ClC(Cl)Cl.[Ir+3].[OH-].c1ccncc1. The Balaban J connectivity index is -0.0000000748. The quantitative estimate of drug-likeness (QED) is 0.290. The minimum absolute atomic E-state index is 0. The molecule has 1 rings (SSSR count). The van der Waals surface area contributed by atoms with Crippen molar-refractivity contribution in [2.75, 3.05) is 0 Å². The standard InChI is InChI=1S/C5H5N.2C5H8O2.CHCl3.Ir.H2O/c1-2-4-6-5-3-1;2*1-4(6)3-5(2)7;2-1(3)4;;/h1-5H;2*3,6H,1-2H3;1H;;1H2/q;;;;+3;/p-3/b;2*4-3-;;;. The molecule has 1 aromatic heterocycles. The Kier molecular flexibility index (Phi) is 36.4. The molecular formula is C16H21Cl3IrNO5. The van der Waals surface area contributed by atoms with Crippen LogP contribution in [0.5, 0.6) is 0 Å². The number of alkyl halides is 3. The zero-order valence-electron chi connectivity index (χ0n) is 14.6. The summed E-state index contributed by atoms with van der Waals surface area (Å²) in [6.45, 7) is 5.39. The Labute approximate surface area is 182 Å². The van der Waals surface area contributed by atoms with Gasteiger partial charge in [0.15, 0.2) is 15.9 Å². The van der Waals surface area contributed by atoms with Crippen molar-refractivity contribution < 1.29 is 45.4 Å². The zero-order valence-corrected chi connectivity index (χ0v) is 19.3. The van der Waals surface area contributed by atoms with Gasteiger partial charge in [0.2, 0.25) is 0 Å². The molecule has 26 heavy (non-hydrogen) atoms. The molecule has 1 heterocycles. The van der Waals surface area contributed by atoms with Crippen LogP contribution in [0, 0.1) is 0 Å². The van der Waals surface area contributed by atoms with Gasteiger partial charge in [0, 0.05) is 12.4 Å². The fourth-order valence-electron chi connectivity index (χ4n) is 0.885. The summed E-state index contributed by atoms with van der Waals surface area (Å²) in [7, 11) is 0. The van der Waals surface area contributed by atoms with Gasteiger partial charge in [-0.15, -0.1) is 11.5 Å². The van der Waals surface area contributed by atoms with Crippen molar-refractivity contribution in [3.05, 3.63) is 54.3 Å². The molecule has 0 atom stereocenters. The molecular weight excluding hydrogens is 585 g/mol. The van der Waals surface area contributed by atoms with E-state index in [0.29, 0.717) is 0 Å². The first kappa shape index (κ1) is 36.0. The topological polar surface area (TPSA) is 123 Å². The summed E-state index contributed by atoms with van der Waals surface area (Å²) in [5.74, 6) is -0.750. The van der Waals surface area contributed by atoms with Gasteiger partial charge in [-0.1, -0.05) is 54.7 Å². The van der Waals surface area contributed by atoms with Gasteiger partial charge in [-0.25, -0.2) is 0 Å². The van der Waals surface area contributed by atoms with Gasteiger partial charge in [-0.3, -0.25) is 14.6 Å². The summed E-state index contributed by atoms with van der Waals surface area (Å²) in [6.07, 6.45) is 5.61. The average molecular weight is 606 g/mol. The maximum absolute atomic E-state index is 9.98. The Hall–Kier alpha value is -0.951. The number of hydrogen-bond acceptors (Lipinski definition) is 6. The van der Waals surface area contributed by atoms with Gasteiger partial charge < -0.3 is 15.7 Å². The van der Waals surface area contributed by atoms with Crippen LogP contribution in [-0.4, -0.2) is 26.3 Å². The fourth-order valence-corrected chi connectivity index (χ4v) is 0.885. The predicted molar refractivity (Wildman–Crippen MR) is 96.4 cm³/mol. The van der Waals surface area contributed by atoms with E-state index in [9.17, 15) is 19.8 Å². The molecule has 10 heteroatoms. The summed E-state index contributed by atoms with van der Waals surface area (Å²) < 4.78 is -0.750. The summed E-state index contributed by atoms with van der Waals surface area (Å²) in [4.78, 5) is 23.7. The van der Waals surface area contributed by atoms with E-state index in [4.69, 9.17) is 34.8 Å². The maximum atomic E-state index is 9.98. The molecule has 1 aromatic rings. The molecule has 0 aliphatic carbocycles. The van der Waals surface area contributed by atoms with E-state index in [1.54, 1.807) is 12.4 Å². The number of nitrogens with zero attached hydrogens (tertiary/aromatic N) is 1. The van der Waals surface area contributed by atoms with Crippen LogP contribution in [0.1, 0.15) is 27.7 Å². The number of pyridine rings is 1. The molecule has 0 fully saturated rings. The number of carbonyl (C=O) groups is 2. The third-order valence-electron chi connectivity index (χ3n) is 1.38. The van der Waals surface area contributed by atoms with E-state index in [1.165, 1.54) is 27.7 Å². The number of allylic oxidation sites excluding steroid dienone is 4. The molecule has 1 N–H and O–H groups in total. The van der Waals surface area contributed by atoms with Crippen LogP contribution in [-0.2, 0) is 29.7 Å². The average Bonchev–Trinajstić information content (AvgIpc) is 2.38. The normalized spacial score (nSPS) is 9.38. The van der Waals surface area contributed by atoms with Crippen LogP contribution in [0.4, 0.5) is 0 Å². The molecule has 0 aliphatic heterocycles. The van der Waals surface area contributed by atoms with Crippen molar-refractivity contribution in [1.82, 2.24) is 4.98 Å². The molecule has 0 saturated carbocycles. The van der Waals surface area contributed by atoms with Gasteiger partial charge in [-0.05, 0) is 38.1 Å². The first-order valence-electron chi connectivity index (χ1n) is 6.48. The van der Waals surface area contributed by atoms with Gasteiger partial charge in [0.05, 0.1) is 0 Å². The number of carbonyl (C=O) groups excluding carboxylic acids is 2. The van der Waals surface area contributed by atoms with E-state index in [2.05, 4.69) is 4.98 Å². The van der Waals surface area contributed by atoms with E-state index in [1.807, 2.05) is 18.2 Å². The van der Waals surface area contributed by atoms with Gasteiger partial charge in [0.1, 0.15) is 0 Å². The Morgan fingerprint density at radius 2 is 1.12 bits per heavy atom. The second-order valence-corrected chi connectivity index (χ2v) is 5.98. The molecule has 0 saturated heterocycles. The number of aromatic nitrogens is 1. The molecule has 0 amide bonds. The Morgan fingerprint density at radius 1 is 0.846 bits per heavy atom. The van der Waals surface area contributed by atoms with Crippen molar-refractivity contribution in [3.8, 4) is 0 Å². The van der Waals surface area contributed by atoms with Gasteiger partial charge in [0.25, 0.3) is 0 Å². The number of hydrogen-bond donors (Lipinski definition) is 0. The molecule has 0 bridgehead atoms. The Morgan fingerprint density at radius 3 is 1.15 bits per heavy atom. The second kappa shape index (κ2) is 26.3.